The van der Waals surface area contributed by atoms with Crippen molar-refractivity contribution in [1.29, 1.82) is 0 Å². The summed E-state index contributed by atoms with van der Waals surface area (Å²) in [6.07, 6.45) is 2.32. The van der Waals surface area contributed by atoms with Gasteiger partial charge in [-0.2, -0.15) is 0 Å². The van der Waals surface area contributed by atoms with Gasteiger partial charge in [0, 0.05) is 36.8 Å². The summed E-state index contributed by atoms with van der Waals surface area (Å²) in [4.78, 5) is 8.39. The molecular weight excluding hydrogens is 250 g/mol. The molecule has 0 aliphatic carbocycles. The van der Waals surface area contributed by atoms with Crippen LogP contribution in [0.4, 0.5) is 20.3 Å². The first-order valence-corrected chi connectivity index (χ1v) is 5.99. The van der Waals surface area contributed by atoms with Crippen molar-refractivity contribution in [1.82, 2.24) is 15.3 Å². The van der Waals surface area contributed by atoms with Gasteiger partial charge in [0.05, 0.1) is 5.69 Å². The first-order chi connectivity index (χ1) is 9.24. The molecule has 1 aromatic carbocycles. The summed E-state index contributed by atoms with van der Waals surface area (Å²) in [5.74, 6) is -1.12. The minimum absolute atomic E-state index is 0.463. The molecule has 0 amide bonds. The lowest BCUT2D eigenvalue weighted by Crippen LogP contribution is -2.25. The van der Waals surface area contributed by atoms with E-state index in [0.717, 1.165) is 36.4 Å². The summed E-state index contributed by atoms with van der Waals surface area (Å²) in [5.41, 5.74) is 2.42. The molecule has 19 heavy (non-hydrogen) atoms. The van der Waals surface area contributed by atoms with Gasteiger partial charge in [-0.3, -0.25) is 0 Å². The van der Waals surface area contributed by atoms with Crippen molar-refractivity contribution in [2.75, 3.05) is 11.9 Å². The molecule has 0 fully saturated rings. The Morgan fingerprint density at radius 3 is 2.89 bits per heavy atom. The van der Waals surface area contributed by atoms with Crippen molar-refractivity contribution in [2.24, 2.45) is 0 Å². The van der Waals surface area contributed by atoms with E-state index in [1.54, 1.807) is 0 Å². The average Bonchev–Trinajstić information content (AvgIpc) is 2.43. The number of nitrogens with one attached hydrogen (secondary N) is 2. The second kappa shape index (κ2) is 4.89. The van der Waals surface area contributed by atoms with E-state index in [1.807, 2.05) is 0 Å². The van der Waals surface area contributed by atoms with E-state index in [0.29, 0.717) is 18.1 Å². The first kappa shape index (κ1) is 12.0. The molecule has 2 heterocycles. The Labute approximate surface area is 108 Å². The average molecular weight is 262 g/mol. The van der Waals surface area contributed by atoms with Crippen LogP contribution in [0.2, 0.25) is 0 Å². The molecule has 1 aliphatic rings. The van der Waals surface area contributed by atoms with Gasteiger partial charge in [0.15, 0.2) is 11.6 Å². The van der Waals surface area contributed by atoms with Crippen LogP contribution < -0.4 is 10.6 Å². The molecule has 1 aliphatic heterocycles. The third kappa shape index (κ3) is 2.39. The van der Waals surface area contributed by atoms with Crippen molar-refractivity contribution in [3.63, 3.8) is 0 Å². The number of nitrogens with zero attached hydrogens (tertiary/aromatic N) is 2. The van der Waals surface area contributed by atoms with E-state index in [-0.39, 0.29) is 0 Å². The predicted molar refractivity (Wildman–Crippen MR) is 67.1 cm³/mol. The maximum Gasteiger partial charge on any atom is 0.160 e. The molecule has 0 saturated carbocycles. The summed E-state index contributed by atoms with van der Waals surface area (Å²) in [5, 5.41) is 6.24. The molecule has 0 spiro atoms. The molecule has 0 bridgehead atoms. The number of hydrogen-bond acceptors (Lipinski definition) is 4. The number of hydrogen-bond donors (Lipinski definition) is 2. The molecule has 2 aromatic rings. The fraction of sp³-hybridized carbons (Fsp3) is 0.231. The van der Waals surface area contributed by atoms with Crippen molar-refractivity contribution in [3.05, 3.63) is 47.4 Å². The minimum atomic E-state index is -0.883. The Morgan fingerprint density at radius 2 is 2.05 bits per heavy atom. The van der Waals surface area contributed by atoms with Crippen LogP contribution in [0.5, 0.6) is 0 Å². The molecule has 6 heteroatoms. The smallest absolute Gasteiger partial charge is 0.160 e. The number of fused-ring (bicyclic) bond motifs is 1. The largest absolute Gasteiger partial charge is 0.340 e. The lowest BCUT2D eigenvalue weighted by atomic mass is 10.1. The molecule has 3 rings (SSSR count). The van der Waals surface area contributed by atoms with Crippen LogP contribution in [-0.4, -0.2) is 16.5 Å². The van der Waals surface area contributed by atoms with E-state index in [4.69, 9.17) is 0 Å². The molecule has 0 unspecified atom stereocenters. The van der Waals surface area contributed by atoms with Gasteiger partial charge < -0.3 is 10.6 Å². The zero-order chi connectivity index (χ0) is 13.2. The van der Waals surface area contributed by atoms with Crippen LogP contribution in [0.1, 0.15) is 11.3 Å². The third-order valence-electron chi connectivity index (χ3n) is 3.06. The summed E-state index contributed by atoms with van der Waals surface area (Å²) in [7, 11) is 0. The molecule has 1 aromatic heterocycles. The zero-order valence-electron chi connectivity index (χ0n) is 10.1. The third-order valence-corrected chi connectivity index (χ3v) is 3.06. The molecular formula is C13H12F2N4. The fourth-order valence-electron chi connectivity index (χ4n) is 2.09. The minimum Gasteiger partial charge on any atom is -0.340 e. The van der Waals surface area contributed by atoms with Gasteiger partial charge in [0.2, 0.25) is 0 Å². The lowest BCUT2D eigenvalue weighted by Gasteiger charge is -2.19. The van der Waals surface area contributed by atoms with Gasteiger partial charge in [-0.1, -0.05) is 0 Å². The second-order valence-electron chi connectivity index (χ2n) is 4.33. The quantitative estimate of drug-likeness (QED) is 0.870. The monoisotopic (exact) mass is 262 g/mol. The van der Waals surface area contributed by atoms with Gasteiger partial charge in [0.25, 0.3) is 0 Å². The van der Waals surface area contributed by atoms with E-state index in [2.05, 4.69) is 20.6 Å². The van der Waals surface area contributed by atoms with Crippen molar-refractivity contribution in [3.8, 4) is 0 Å². The Balaban J connectivity index is 1.92. The molecule has 2 N–H and O–H groups in total. The van der Waals surface area contributed by atoms with E-state index >= 15 is 0 Å². The highest BCUT2D eigenvalue weighted by atomic mass is 19.2. The van der Waals surface area contributed by atoms with E-state index < -0.39 is 11.6 Å². The number of halogens is 2. The van der Waals surface area contributed by atoms with Gasteiger partial charge in [-0.25, -0.2) is 18.7 Å². The summed E-state index contributed by atoms with van der Waals surface area (Å²) in [6.45, 7) is 1.55. The number of benzene rings is 1. The van der Waals surface area contributed by atoms with Crippen molar-refractivity contribution < 1.29 is 8.78 Å². The Morgan fingerprint density at radius 1 is 1.16 bits per heavy atom. The van der Waals surface area contributed by atoms with Crippen LogP contribution in [0, 0.1) is 11.6 Å². The maximum absolute atomic E-state index is 13.2. The van der Waals surface area contributed by atoms with Gasteiger partial charge in [-0.15, -0.1) is 0 Å². The SMILES string of the molecule is Fc1ccc(Nc2ncnc3c2CNCC3)cc1F. The normalized spacial score (nSPS) is 14.0. The summed E-state index contributed by atoms with van der Waals surface area (Å²) in [6, 6.07) is 3.67. The summed E-state index contributed by atoms with van der Waals surface area (Å²) >= 11 is 0. The molecule has 4 nitrogen and oxygen atoms in total. The van der Waals surface area contributed by atoms with E-state index in [1.165, 1.54) is 12.4 Å². The van der Waals surface area contributed by atoms with Crippen LogP contribution in [0.15, 0.2) is 24.5 Å². The van der Waals surface area contributed by atoms with Crippen LogP contribution in [-0.2, 0) is 13.0 Å². The lowest BCUT2D eigenvalue weighted by molar-refractivity contribution is 0.509. The Kier molecular flexibility index (Phi) is 3.08. The number of aromatic nitrogens is 2. The fourth-order valence-corrected chi connectivity index (χ4v) is 2.09. The van der Waals surface area contributed by atoms with Gasteiger partial charge in [-0.05, 0) is 12.1 Å². The summed E-state index contributed by atoms with van der Waals surface area (Å²) < 4.78 is 26.0. The molecule has 98 valence electrons. The Bertz CT molecular complexity index is 616. The standard InChI is InChI=1S/C13H12F2N4/c14-10-2-1-8(5-11(10)15)19-13-9-6-16-4-3-12(9)17-7-18-13/h1-2,5,7,16H,3-4,6H2,(H,17,18,19). The van der Waals surface area contributed by atoms with Gasteiger partial charge >= 0.3 is 0 Å². The maximum atomic E-state index is 13.2. The second-order valence-corrected chi connectivity index (χ2v) is 4.33. The number of rotatable bonds is 2. The topological polar surface area (TPSA) is 49.8 Å². The van der Waals surface area contributed by atoms with Crippen molar-refractivity contribution >= 4 is 11.5 Å². The van der Waals surface area contributed by atoms with Crippen LogP contribution in [0.25, 0.3) is 0 Å². The predicted octanol–water partition coefficient (Wildman–Crippen LogP) is 2.14. The molecule has 0 saturated heterocycles. The number of anilines is 2. The zero-order valence-corrected chi connectivity index (χ0v) is 10.1. The van der Waals surface area contributed by atoms with Crippen LogP contribution in [0.3, 0.4) is 0 Å². The highest BCUT2D eigenvalue weighted by Gasteiger charge is 2.15. The first-order valence-electron chi connectivity index (χ1n) is 5.99. The van der Waals surface area contributed by atoms with E-state index in [9.17, 15) is 8.78 Å². The van der Waals surface area contributed by atoms with Crippen LogP contribution >= 0.6 is 0 Å². The highest BCUT2D eigenvalue weighted by molar-refractivity contribution is 5.60. The highest BCUT2D eigenvalue weighted by Crippen LogP contribution is 2.23. The van der Waals surface area contributed by atoms with Crippen molar-refractivity contribution in [2.45, 2.75) is 13.0 Å². The van der Waals surface area contributed by atoms with Gasteiger partial charge in [0.1, 0.15) is 12.1 Å². The Hall–Kier alpha value is -2.08. The molecule has 0 radical (unpaired) electrons. The molecule has 0 atom stereocenters.